The van der Waals surface area contributed by atoms with Crippen LogP contribution in [0.15, 0.2) is 29.8 Å². The van der Waals surface area contributed by atoms with Gasteiger partial charge in [-0.1, -0.05) is 26.0 Å². The molecule has 0 amide bonds. The largest absolute Gasteiger partial charge is 0.493 e. The molecule has 0 saturated heterocycles. The lowest BCUT2D eigenvalue weighted by Gasteiger charge is -2.47. The van der Waals surface area contributed by atoms with E-state index in [0.29, 0.717) is 37.1 Å². The fourth-order valence-electron chi connectivity index (χ4n) is 4.58. The molecule has 0 bridgehead atoms. The summed E-state index contributed by atoms with van der Waals surface area (Å²) in [5, 5.41) is 38.7. The second-order valence-electron chi connectivity index (χ2n) is 8.63. The average molecular weight is 418 g/mol. The summed E-state index contributed by atoms with van der Waals surface area (Å²) < 4.78 is 11.4. The number of benzene rings is 1. The zero-order valence-electron chi connectivity index (χ0n) is 18.3. The first-order chi connectivity index (χ1) is 14.8. The summed E-state index contributed by atoms with van der Waals surface area (Å²) in [5.74, 6) is -0.222. The molecule has 1 heterocycles. The third kappa shape index (κ3) is 3.76. The van der Waals surface area contributed by atoms with Crippen LogP contribution in [0.1, 0.15) is 25.3 Å². The Labute approximate surface area is 183 Å². The van der Waals surface area contributed by atoms with Gasteiger partial charge < -0.3 is 19.8 Å². The molecular formula is C24H27N5O2. The third-order valence-electron chi connectivity index (χ3n) is 6.09. The number of ether oxygens (including phenoxy) is 2. The summed E-state index contributed by atoms with van der Waals surface area (Å²) in [6, 6.07) is 11.8. The molecular weight excluding hydrogens is 390 g/mol. The molecule has 1 aliphatic heterocycles. The summed E-state index contributed by atoms with van der Waals surface area (Å²) in [6.07, 6.45) is 1.97. The van der Waals surface area contributed by atoms with Crippen LogP contribution >= 0.6 is 0 Å². The van der Waals surface area contributed by atoms with Crippen molar-refractivity contribution in [3.8, 4) is 29.7 Å². The predicted octanol–water partition coefficient (Wildman–Crippen LogP) is 3.51. The Bertz CT molecular complexity index is 1010. The maximum Gasteiger partial charge on any atom is 0.189 e. The standard InChI is InChI=1S/C24H27N5O2/c1-15(2)12-31-20-6-5-16(9-21(20)30-4)22-19-11-29(3)8-7-17(19)18(10-25)23(28)24(22,13-26)14-27/h5-7,9,15,18-19,22,28H,8,11-12H2,1-4H3/t18-,19+,22+/m1/s1. The Kier molecular flexibility index (Phi) is 6.34. The Hall–Kier alpha value is -3.34. The first-order valence-electron chi connectivity index (χ1n) is 10.3. The summed E-state index contributed by atoms with van der Waals surface area (Å²) in [7, 11) is 3.52. The summed E-state index contributed by atoms with van der Waals surface area (Å²) in [5.41, 5.74) is -0.317. The van der Waals surface area contributed by atoms with Crippen molar-refractivity contribution in [2.45, 2.75) is 19.8 Å². The summed E-state index contributed by atoms with van der Waals surface area (Å²) in [6.45, 7) is 5.92. The maximum absolute atomic E-state index is 10.1. The molecule has 0 unspecified atom stereocenters. The van der Waals surface area contributed by atoms with Crippen molar-refractivity contribution >= 4 is 5.71 Å². The van der Waals surface area contributed by atoms with Crippen molar-refractivity contribution in [2.24, 2.45) is 23.2 Å². The monoisotopic (exact) mass is 417 g/mol. The lowest BCUT2D eigenvalue weighted by atomic mass is 9.54. The fraction of sp³-hybridized carbons (Fsp3) is 0.500. The van der Waals surface area contributed by atoms with Gasteiger partial charge in [0.15, 0.2) is 16.9 Å². The number of nitrogens with one attached hydrogen (secondary N) is 1. The van der Waals surface area contributed by atoms with Crippen molar-refractivity contribution in [1.82, 2.24) is 4.90 Å². The summed E-state index contributed by atoms with van der Waals surface area (Å²) in [4.78, 5) is 2.10. The SMILES string of the molecule is COc1cc([C@H]2[C@H]3CN(C)CC=C3[C@@H](C#N)C(=N)C2(C#N)C#N)ccc1OCC(C)C. The van der Waals surface area contributed by atoms with Gasteiger partial charge in [-0.25, -0.2) is 0 Å². The molecule has 31 heavy (non-hydrogen) atoms. The molecule has 1 aromatic carbocycles. The van der Waals surface area contributed by atoms with Crippen molar-refractivity contribution in [2.75, 3.05) is 33.9 Å². The molecule has 1 N–H and O–H groups in total. The van der Waals surface area contributed by atoms with Crippen LogP contribution in [0.25, 0.3) is 0 Å². The van der Waals surface area contributed by atoms with E-state index in [1.165, 1.54) is 0 Å². The average Bonchev–Trinajstić information content (AvgIpc) is 2.77. The van der Waals surface area contributed by atoms with Crippen LogP contribution in [0.4, 0.5) is 0 Å². The lowest BCUT2D eigenvalue weighted by Crippen LogP contribution is -2.52. The van der Waals surface area contributed by atoms with Crippen molar-refractivity contribution < 1.29 is 9.47 Å². The molecule has 0 aromatic heterocycles. The number of nitrogens with zero attached hydrogens (tertiary/aromatic N) is 4. The van der Waals surface area contributed by atoms with Crippen molar-refractivity contribution in [3.63, 3.8) is 0 Å². The van der Waals surface area contributed by atoms with Gasteiger partial charge in [0.2, 0.25) is 0 Å². The maximum atomic E-state index is 10.1. The van der Waals surface area contributed by atoms with Crippen LogP contribution in [0.3, 0.4) is 0 Å². The smallest absolute Gasteiger partial charge is 0.189 e. The number of likely N-dealkylation sites (N-methyl/N-ethyl adjacent to an activating group) is 1. The first kappa shape index (κ1) is 22.3. The van der Waals surface area contributed by atoms with E-state index in [1.807, 2.05) is 19.2 Å². The van der Waals surface area contributed by atoms with Crippen LogP contribution in [0.2, 0.25) is 0 Å². The Morgan fingerprint density at radius 1 is 1.23 bits per heavy atom. The van der Waals surface area contributed by atoms with Crippen LogP contribution in [0.5, 0.6) is 11.5 Å². The van der Waals surface area contributed by atoms with Crippen LogP contribution in [0, 0.1) is 62.6 Å². The van der Waals surface area contributed by atoms with Crippen LogP contribution in [-0.4, -0.2) is 44.5 Å². The molecule has 2 aliphatic rings. The molecule has 7 nitrogen and oxygen atoms in total. The highest BCUT2D eigenvalue weighted by Gasteiger charge is 2.57. The molecule has 1 saturated carbocycles. The van der Waals surface area contributed by atoms with E-state index in [-0.39, 0.29) is 11.6 Å². The Morgan fingerprint density at radius 2 is 1.94 bits per heavy atom. The van der Waals surface area contributed by atoms with Gasteiger partial charge in [0.05, 0.1) is 37.6 Å². The Balaban J connectivity index is 2.16. The topological polar surface area (TPSA) is 117 Å². The van der Waals surface area contributed by atoms with Gasteiger partial charge in [0.1, 0.15) is 5.92 Å². The van der Waals surface area contributed by atoms with Crippen LogP contribution < -0.4 is 9.47 Å². The molecule has 0 radical (unpaired) electrons. The van der Waals surface area contributed by atoms with Crippen molar-refractivity contribution in [3.05, 3.63) is 35.4 Å². The van der Waals surface area contributed by atoms with Gasteiger partial charge >= 0.3 is 0 Å². The molecule has 3 rings (SSSR count). The van der Waals surface area contributed by atoms with E-state index in [4.69, 9.17) is 14.9 Å². The first-order valence-corrected chi connectivity index (χ1v) is 10.3. The normalized spacial score (nSPS) is 24.9. The van der Waals surface area contributed by atoms with E-state index in [1.54, 1.807) is 19.2 Å². The minimum absolute atomic E-state index is 0.142. The van der Waals surface area contributed by atoms with Crippen molar-refractivity contribution in [1.29, 1.82) is 21.2 Å². The molecule has 7 heteroatoms. The molecule has 3 atom stereocenters. The molecule has 1 aromatic rings. The minimum atomic E-state index is -1.73. The molecule has 160 valence electrons. The second-order valence-corrected chi connectivity index (χ2v) is 8.63. The third-order valence-corrected chi connectivity index (χ3v) is 6.09. The number of methoxy groups -OCH3 is 1. The quantitative estimate of drug-likeness (QED) is 0.733. The molecule has 0 spiro atoms. The van der Waals surface area contributed by atoms with Crippen LogP contribution in [-0.2, 0) is 0 Å². The number of hydrogen-bond donors (Lipinski definition) is 1. The van der Waals surface area contributed by atoms with E-state index >= 15 is 0 Å². The predicted molar refractivity (Wildman–Crippen MR) is 116 cm³/mol. The van der Waals surface area contributed by atoms with E-state index in [2.05, 4.69) is 37.0 Å². The highest BCUT2D eigenvalue weighted by Crippen LogP contribution is 2.54. The van der Waals surface area contributed by atoms with Gasteiger partial charge in [-0.05, 0) is 36.2 Å². The van der Waals surface area contributed by atoms with E-state index in [0.717, 1.165) is 11.1 Å². The lowest BCUT2D eigenvalue weighted by molar-refractivity contribution is 0.233. The molecule has 1 fully saturated rings. The number of rotatable bonds is 5. The fourth-order valence-corrected chi connectivity index (χ4v) is 4.58. The Morgan fingerprint density at radius 3 is 2.52 bits per heavy atom. The number of hydrogen-bond acceptors (Lipinski definition) is 7. The highest BCUT2D eigenvalue weighted by molar-refractivity contribution is 6.00. The number of fused-ring (bicyclic) bond motifs is 1. The van der Waals surface area contributed by atoms with Gasteiger partial charge in [-0.2, -0.15) is 15.8 Å². The zero-order valence-corrected chi connectivity index (χ0v) is 18.3. The van der Waals surface area contributed by atoms with Gasteiger partial charge in [-0.15, -0.1) is 0 Å². The van der Waals surface area contributed by atoms with E-state index < -0.39 is 17.3 Å². The molecule has 1 aliphatic carbocycles. The van der Waals surface area contributed by atoms with E-state index in [9.17, 15) is 15.8 Å². The second kappa shape index (κ2) is 8.80. The zero-order chi connectivity index (χ0) is 22.8. The van der Waals surface area contributed by atoms with Gasteiger partial charge in [-0.3, -0.25) is 0 Å². The number of nitriles is 3. The minimum Gasteiger partial charge on any atom is -0.493 e. The van der Waals surface area contributed by atoms with Gasteiger partial charge in [0, 0.05) is 24.9 Å². The summed E-state index contributed by atoms with van der Waals surface area (Å²) >= 11 is 0. The van der Waals surface area contributed by atoms with Gasteiger partial charge in [0.25, 0.3) is 0 Å². The highest BCUT2D eigenvalue weighted by atomic mass is 16.5.